The van der Waals surface area contributed by atoms with Gasteiger partial charge in [0.15, 0.2) is 5.96 Å². The van der Waals surface area contributed by atoms with Gasteiger partial charge >= 0.3 is 0 Å². The monoisotopic (exact) mass is 377 g/mol. The number of hydrogen-bond donors (Lipinski definition) is 2. The third-order valence-electron chi connectivity index (χ3n) is 4.13. The molecule has 0 bridgehead atoms. The lowest BCUT2D eigenvalue weighted by Gasteiger charge is -2.17. The molecule has 1 fully saturated rings. The first kappa shape index (κ1) is 16.8. The van der Waals surface area contributed by atoms with Gasteiger partial charge in [-0.25, -0.2) is 0 Å². The number of nitrogens with zero attached hydrogens (tertiary/aromatic N) is 1. The van der Waals surface area contributed by atoms with Crippen molar-refractivity contribution in [3.63, 3.8) is 0 Å². The second kappa shape index (κ2) is 9.61. The van der Waals surface area contributed by atoms with Gasteiger partial charge in [0.2, 0.25) is 0 Å². The Kier molecular flexibility index (Phi) is 8.50. The zero-order valence-corrected chi connectivity index (χ0v) is 14.4. The van der Waals surface area contributed by atoms with Gasteiger partial charge in [-0.3, -0.25) is 4.99 Å². The quantitative estimate of drug-likeness (QED) is 0.253. The number of nitrogens with one attached hydrogen (secondary N) is 2. The van der Waals surface area contributed by atoms with Crippen LogP contribution < -0.4 is 10.6 Å². The molecule has 0 radical (unpaired) electrons. The van der Waals surface area contributed by atoms with Crippen LogP contribution in [0, 0.1) is 5.92 Å². The van der Waals surface area contributed by atoms with E-state index in [9.17, 15) is 0 Å². The molecule has 2 aliphatic carbocycles. The number of rotatable bonds is 5. The van der Waals surface area contributed by atoms with Crippen molar-refractivity contribution in [3.8, 4) is 0 Å². The zero-order valence-electron chi connectivity index (χ0n) is 12.0. The Morgan fingerprint density at radius 3 is 2.53 bits per heavy atom. The van der Waals surface area contributed by atoms with Gasteiger partial charge in [-0.05, 0) is 31.6 Å². The molecule has 0 unspecified atom stereocenters. The topological polar surface area (TPSA) is 36.4 Å². The smallest absolute Gasteiger partial charge is 0.191 e. The van der Waals surface area contributed by atoms with E-state index in [1.54, 1.807) is 0 Å². The summed E-state index contributed by atoms with van der Waals surface area (Å²) in [7, 11) is 1.86. The first-order valence-electron chi connectivity index (χ1n) is 7.50. The van der Waals surface area contributed by atoms with Crippen LogP contribution in [0.25, 0.3) is 0 Å². The first-order valence-corrected chi connectivity index (χ1v) is 7.50. The molecule has 0 amide bonds. The Bertz CT molecular complexity index is 288. The number of guanidine groups is 1. The van der Waals surface area contributed by atoms with E-state index in [0.29, 0.717) is 6.04 Å². The summed E-state index contributed by atoms with van der Waals surface area (Å²) < 4.78 is 0. The van der Waals surface area contributed by atoms with Crippen LogP contribution in [0.3, 0.4) is 0 Å². The third-order valence-corrected chi connectivity index (χ3v) is 4.13. The Morgan fingerprint density at radius 2 is 1.89 bits per heavy atom. The van der Waals surface area contributed by atoms with E-state index in [2.05, 4.69) is 27.8 Å². The van der Waals surface area contributed by atoms with E-state index in [0.717, 1.165) is 31.3 Å². The van der Waals surface area contributed by atoms with Crippen LogP contribution in [0.2, 0.25) is 0 Å². The molecule has 4 heteroatoms. The highest BCUT2D eigenvalue weighted by molar-refractivity contribution is 14.0. The fourth-order valence-corrected chi connectivity index (χ4v) is 3.02. The molecular formula is C15H28IN3. The fourth-order valence-electron chi connectivity index (χ4n) is 3.02. The van der Waals surface area contributed by atoms with E-state index in [1.165, 1.54) is 38.5 Å². The van der Waals surface area contributed by atoms with Crippen LogP contribution in [0.15, 0.2) is 17.1 Å². The summed E-state index contributed by atoms with van der Waals surface area (Å²) in [6.07, 6.45) is 15.2. The van der Waals surface area contributed by atoms with Gasteiger partial charge in [-0.1, -0.05) is 37.8 Å². The molecular weight excluding hydrogens is 349 g/mol. The van der Waals surface area contributed by atoms with E-state index in [-0.39, 0.29) is 24.0 Å². The predicted octanol–water partition coefficient (Wildman–Crippen LogP) is 3.46. The lowest BCUT2D eigenvalue weighted by Crippen LogP contribution is -2.42. The van der Waals surface area contributed by atoms with Gasteiger partial charge in [0.25, 0.3) is 0 Å². The van der Waals surface area contributed by atoms with Gasteiger partial charge in [-0.15, -0.1) is 24.0 Å². The van der Waals surface area contributed by atoms with E-state index in [1.807, 2.05) is 7.05 Å². The highest BCUT2D eigenvalue weighted by Gasteiger charge is 2.14. The number of hydrogen-bond acceptors (Lipinski definition) is 1. The maximum absolute atomic E-state index is 4.29. The molecule has 1 saturated carbocycles. The Hall–Kier alpha value is -0.260. The average molecular weight is 377 g/mol. The molecule has 19 heavy (non-hydrogen) atoms. The molecule has 3 nitrogen and oxygen atoms in total. The third kappa shape index (κ3) is 6.15. The van der Waals surface area contributed by atoms with E-state index >= 15 is 0 Å². The number of aliphatic imine (C=N–C) groups is 1. The largest absolute Gasteiger partial charge is 0.356 e. The number of halogens is 1. The SMILES string of the molecule is CN=C(NCCCC1CCCC1)NC1CC=CC1.I. The maximum atomic E-state index is 4.29. The van der Waals surface area contributed by atoms with Crippen LogP contribution in [0.5, 0.6) is 0 Å². The summed E-state index contributed by atoms with van der Waals surface area (Å²) in [6.45, 7) is 1.05. The van der Waals surface area contributed by atoms with Crippen molar-refractivity contribution in [1.82, 2.24) is 10.6 Å². The maximum Gasteiger partial charge on any atom is 0.191 e. The van der Waals surface area contributed by atoms with Crippen molar-refractivity contribution in [2.45, 2.75) is 57.4 Å². The first-order chi connectivity index (χ1) is 8.88. The molecule has 0 aromatic carbocycles. The average Bonchev–Trinajstić information content (AvgIpc) is 3.06. The standard InChI is InChI=1S/C15H27N3.HI/c1-16-15(18-14-10-4-5-11-14)17-12-6-9-13-7-2-3-8-13;/h4-5,13-14H,2-3,6-12H2,1H3,(H2,16,17,18);1H. The van der Waals surface area contributed by atoms with Crippen molar-refractivity contribution in [2.75, 3.05) is 13.6 Å². The lowest BCUT2D eigenvalue weighted by atomic mass is 10.0. The summed E-state index contributed by atoms with van der Waals surface area (Å²) in [5.74, 6) is 1.97. The molecule has 2 aliphatic rings. The van der Waals surface area contributed by atoms with Gasteiger partial charge in [0, 0.05) is 19.6 Å². The molecule has 2 rings (SSSR count). The summed E-state index contributed by atoms with van der Waals surface area (Å²) >= 11 is 0. The molecule has 110 valence electrons. The van der Waals surface area contributed by atoms with Gasteiger partial charge < -0.3 is 10.6 Å². The molecule has 0 aromatic heterocycles. The van der Waals surface area contributed by atoms with Crippen LogP contribution in [0.4, 0.5) is 0 Å². The van der Waals surface area contributed by atoms with Crippen LogP contribution in [-0.4, -0.2) is 25.6 Å². The van der Waals surface area contributed by atoms with Crippen molar-refractivity contribution in [3.05, 3.63) is 12.2 Å². The highest BCUT2D eigenvalue weighted by atomic mass is 127. The molecule has 0 aromatic rings. The van der Waals surface area contributed by atoms with Crippen molar-refractivity contribution in [1.29, 1.82) is 0 Å². The second-order valence-electron chi connectivity index (χ2n) is 5.58. The second-order valence-corrected chi connectivity index (χ2v) is 5.58. The molecule has 0 spiro atoms. The highest BCUT2D eigenvalue weighted by Crippen LogP contribution is 2.28. The fraction of sp³-hybridized carbons (Fsp3) is 0.800. The van der Waals surface area contributed by atoms with Crippen LogP contribution in [-0.2, 0) is 0 Å². The van der Waals surface area contributed by atoms with Gasteiger partial charge in [0.1, 0.15) is 0 Å². The molecule has 2 N–H and O–H groups in total. The van der Waals surface area contributed by atoms with Crippen LogP contribution >= 0.6 is 24.0 Å². The van der Waals surface area contributed by atoms with Crippen molar-refractivity contribution >= 4 is 29.9 Å². The Morgan fingerprint density at radius 1 is 1.21 bits per heavy atom. The molecule has 0 atom stereocenters. The minimum absolute atomic E-state index is 0. The van der Waals surface area contributed by atoms with Crippen molar-refractivity contribution < 1.29 is 0 Å². The summed E-state index contributed by atoms with van der Waals surface area (Å²) in [6, 6.07) is 0.547. The summed E-state index contributed by atoms with van der Waals surface area (Å²) in [5, 5.41) is 6.90. The minimum atomic E-state index is 0. The van der Waals surface area contributed by atoms with Gasteiger partial charge in [0.05, 0.1) is 0 Å². The predicted molar refractivity (Wildman–Crippen MR) is 93.3 cm³/mol. The van der Waals surface area contributed by atoms with Crippen LogP contribution in [0.1, 0.15) is 51.4 Å². The Labute approximate surface area is 134 Å². The molecule has 0 saturated heterocycles. The van der Waals surface area contributed by atoms with E-state index < -0.39 is 0 Å². The normalized spacial score (nSPS) is 20.6. The summed E-state index contributed by atoms with van der Waals surface area (Å²) in [4.78, 5) is 4.29. The molecule has 0 heterocycles. The molecule has 0 aliphatic heterocycles. The lowest BCUT2D eigenvalue weighted by molar-refractivity contribution is 0.480. The van der Waals surface area contributed by atoms with Gasteiger partial charge in [-0.2, -0.15) is 0 Å². The van der Waals surface area contributed by atoms with Crippen molar-refractivity contribution in [2.24, 2.45) is 10.9 Å². The summed E-state index contributed by atoms with van der Waals surface area (Å²) in [5.41, 5.74) is 0. The minimum Gasteiger partial charge on any atom is -0.356 e. The van der Waals surface area contributed by atoms with E-state index in [4.69, 9.17) is 0 Å². The Balaban J connectivity index is 0.00000180. The zero-order chi connectivity index (χ0) is 12.6.